The molecular formula is C14H24N4. The molecule has 2 rings (SSSR count). The number of hydrogen-bond donors (Lipinski definition) is 1. The number of piperazine rings is 1. The van der Waals surface area contributed by atoms with Crippen molar-refractivity contribution >= 4 is 5.82 Å². The number of pyridine rings is 1. The summed E-state index contributed by atoms with van der Waals surface area (Å²) in [4.78, 5) is 9.53. The highest BCUT2D eigenvalue weighted by Crippen LogP contribution is 2.18. The second-order valence-electron chi connectivity index (χ2n) is 5.22. The zero-order chi connectivity index (χ0) is 13.1. The van der Waals surface area contributed by atoms with Crippen LogP contribution in [0.5, 0.6) is 0 Å². The van der Waals surface area contributed by atoms with Crippen LogP contribution in [0.4, 0.5) is 5.82 Å². The van der Waals surface area contributed by atoms with Crippen LogP contribution in [-0.4, -0.2) is 49.7 Å². The normalized spacial score (nSPS) is 21.3. The maximum Gasteiger partial charge on any atom is 0.128 e. The Kier molecular flexibility index (Phi) is 4.19. The van der Waals surface area contributed by atoms with Gasteiger partial charge in [-0.3, -0.25) is 0 Å². The Bertz CT molecular complexity index is 405. The van der Waals surface area contributed by atoms with Gasteiger partial charge in [-0.25, -0.2) is 4.98 Å². The second-order valence-corrected chi connectivity index (χ2v) is 5.22. The van der Waals surface area contributed by atoms with Crippen LogP contribution in [0.25, 0.3) is 0 Å². The van der Waals surface area contributed by atoms with E-state index in [2.05, 4.69) is 48.1 Å². The molecule has 100 valence electrons. The number of nitrogens with one attached hydrogen (secondary N) is 1. The molecule has 1 aliphatic rings. The van der Waals surface area contributed by atoms with Gasteiger partial charge < -0.3 is 15.1 Å². The molecule has 0 aromatic carbocycles. The molecule has 1 fully saturated rings. The molecule has 0 aliphatic carbocycles. The van der Waals surface area contributed by atoms with Crippen LogP contribution >= 0.6 is 0 Å². The van der Waals surface area contributed by atoms with Crippen LogP contribution in [0, 0.1) is 6.92 Å². The molecule has 4 nitrogen and oxygen atoms in total. The standard InChI is InChI=1S/C14H24N4/c1-11-10-18(8-7-17(11)4)14-6-5-13(9-15-3)12(2)16-14/h5-6,11,15H,7-10H2,1-4H3. The van der Waals surface area contributed by atoms with Crippen LogP contribution < -0.4 is 10.2 Å². The first-order chi connectivity index (χ1) is 8.61. The van der Waals surface area contributed by atoms with E-state index in [0.29, 0.717) is 6.04 Å². The van der Waals surface area contributed by atoms with Gasteiger partial charge >= 0.3 is 0 Å². The fourth-order valence-electron chi connectivity index (χ4n) is 2.39. The largest absolute Gasteiger partial charge is 0.354 e. The molecule has 0 radical (unpaired) electrons. The van der Waals surface area contributed by atoms with Gasteiger partial charge in [-0.2, -0.15) is 0 Å². The van der Waals surface area contributed by atoms with Gasteiger partial charge in [0.1, 0.15) is 5.82 Å². The summed E-state index contributed by atoms with van der Waals surface area (Å²) < 4.78 is 0. The minimum absolute atomic E-state index is 0.595. The molecule has 18 heavy (non-hydrogen) atoms. The van der Waals surface area contributed by atoms with Gasteiger partial charge in [0.15, 0.2) is 0 Å². The summed E-state index contributed by atoms with van der Waals surface area (Å²) in [7, 11) is 4.16. The predicted octanol–water partition coefficient (Wildman–Crippen LogP) is 1.25. The first-order valence-electron chi connectivity index (χ1n) is 6.68. The first-order valence-corrected chi connectivity index (χ1v) is 6.68. The number of aromatic nitrogens is 1. The van der Waals surface area contributed by atoms with E-state index in [1.807, 2.05) is 7.05 Å². The Morgan fingerprint density at radius 3 is 2.78 bits per heavy atom. The number of rotatable bonds is 3. The maximum atomic E-state index is 4.74. The molecule has 1 aromatic heterocycles. The van der Waals surface area contributed by atoms with Gasteiger partial charge in [0, 0.05) is 37.9 Å². The smallest absolute Gasteiger partial charge is 0.128 e. The van der Waals surface area contributed by atoms with Crippen molar-refractivity contribution in [3.05, 3.63) is 23.4 Å². The van der Waals surface area contributed by atoms with E-state index in [1.54, 1.807) is 0 Å². The fraction of sp³-hybridized carbons (Fsp3) is 0.643. The van der Waals surface area contributed by atoms with Gasteiger partial charge in [0.25, 0.3) is 0 Å². The van der Waals surface area contributed by atoms with Crippen molar-refractivity contribution < 1.29 is 0 Å². The molecule has 1 unspecified atom stereocenters. The number of hydrogen-bond acceptors (Lipinski definition) is 4. The first kappa shape index (κ1) is 13.3. The Morgan fingerprint density at radius 1 is 1.39 bits per heavy atom. The van der Waals surface area contributed by atoms with E-state index in [1.165, 1.54) is 5.56 Å². The topological polar surface area (TPSA) is 31.4 Å². The average molecular weight is 248 g/mol. The van der Waals surface area contributed by atoms with Gasteiger partial charge in [-0.05, 0) is 39.6 Å². The zero-order valence-corrected chi connectivity index (χ0v) is 11.9. The highest BCUT2D eigenvalue weighted by atomic mass is 15.3. The molecular weight excluding hydrogens is 224 g/mol. The second kappa shape index (κ2) is 5.67. The predicted molar refractivity (Wildman–Crippen MR) is 76.0 cm³/mol. The van der Waals surface area contributed by atoms with Crippen molar-refractivity contribution in [3.8, 4) is 0 Å². The Morgan fingerprint density at radius 2 is 2.17 bits per heavy atom. The number of aryl methyl sites for hydroxylation is 1. The molecule has 0 spiro atoms. The number of nitrogens with zero attached hydrogens (tertiary/aromatic N) is 3. The summed E-state index contributed by atoms with van der Waals surface area (Å²) in [6.45, 7) is 8.50. The van der Waals surface area contributed by atoms with Crippen molar-refractivity contribution in [3.63, 3.8) is 0 Å². The molecule has 0 bridgehead atoms. The molecule has 1 N–H and O–H groups in total. The summed E-state index contributed by atoms with van der Waals surface area (Å²) in [5.41, 5.74) is 2.41. The van der Waals surface area contributed by atoms with E-state index >= 15 is 0 Å². The average Bonchev–Trinajstić information content (AvgIpc) is 2.35. The van der Waals surface area contributed by atoms with Gasteiger partial charge in [0.2, 0.25) is 0 Å². The van der Waals surface area contributed by atoms with Gasteiger partial charge in [0.05, 0.1) is 0 Å². The molecule has 1 atom stereocenters. The number of likely N-dealkylation sites (N-methyl/N-ethyl adjacent to an activating group) is 1. The van der Waals surface area contributed by atoms with Crippen molar-refractivity contribution in [2.24, 2.45) is 0 Å². The lowest BCUT2D eigenvalue weighted by Gasteiger charge is -2.38. The molecule has 0 saturated carbocycles. The third-order valence-corrected chi connectivity index (χ3v) is 3.83. The molecule has 2 heterocycles. The summed E-state index contributed by atoms with van der Waals surface area (Å²) in [5.74, 6) is 1.12. The van der Waals surface area contributed by atoms with Gasteiger partial charge in [-0.1, -0.05) is 6.07 Å². The van der Waals surface area contributed by atoms with Crippen LogP contribution in [-0.2, 0) is 6.54 Å². The Hall–Kier alpha value is -1.13. The molecule has 1 saturated heterocycles. The van der Waals surface area contributed by atoms with Crippen molar-refractivity contribution in [1.82, 2.24) is 15.2 Å². The summed E-state index contributed by atoms with van der Waals surface area (Å²) in [6, 6.07) is 4.94. The summed E-state index contributed by atoms with van der Waals surface area (Å²) in [5, 5.41) is 3.18. The van der Waals surface area contributed by atoms with Crippen molar-refractivity contribution in [1.29, 1.82) is 0 Å². The quantitative estimate of drug-likeness (QED) is 0.872. The SMILES string of the molecule is CNCc1ccc(N2CCN(C)C(C)C2)nc1C. The van der Waals surface area contributed by atoms with E-state index in [0.717, 1.165) is 37.7 Å². The third-order valence-electron chi connectivity index (χ3n) is 3.83. The third kappa shape index (κ3) is 2.82. The van der Waals surface area contributed by atoms with Crippen LogP contribution in [0.2, 0.25) is 0 Å². The summed E-state index contributed by atoms with van der Waals surface area (Å²) >= 11 is 0. The van der Waals surface area contributed by atoms with E-state index in [-0.39, 0.29) is 0 Å². The van der Waals surface area contributed by atoms with Crippen molar-refractivity contribution in [2.45, 2.75) is 26.4 Å². The minimum Gasteiger partial charge on any atom is -0.354 e. The molecule has 1 aliphatic heterocycles. The lowest BCUT2D eigenvalue weighted by Crippen LogP contribution is -2.50. The highest BCUT2D eigenvalue weighted by Gasteiger charge is 2.21. The van der Waals surface area contributed by atoms with Crippen LogP contribution in [0.3, 0.4) is 0 Å². The minimum atomic E-state index is 0.595. The Labute approximate surface area is 110 Å². The summed E-state index contributed by atoms with van der Waals surface area (Å²) in [6.07, 6.45) is 0. The van der Waals surface area contributed by atoms with Crippen LogP contribution in [0.15, 0.2) is 12.1 Å². The van der Waals surface area contributed by atoms with E-state index in [4.69, 9.17) is 4.98 Å². The lowest BCUT2D eigenvalue weighted by atomic mass is 10.1. The highest BCUT2D eigenvalue weighted by molar-refractivity contribution is 5.42. The van der Waals surface area contributed by atoms with Gasteiger partial charge in [-0.15, -0.1) is 0 Å². The maximum absolute atomic E-state index is 4.74. The number of anilines is 1. The Balaban J connectivity index is 2.12. The molecule has 4 heteroatoms. The molecule has 0 amide bonds. The lowest BCUT2D eigenvalue weighted by molar-refractivity contribution is 0.233. The zero-order valence-electron chi connectivity index (χ0n) is 11.9. The van der Waals surface area contributed by atoms with E-state index in [9.17, 15) is 0 Å². The van der Waals surface area contributed by atoms with Crippen molar-refractivity contribution in [2.75, 3.05) is 38.6 Å². The van der Waals surface area contributed by atoms with E-state index < -0.39 is 0 Å². The molecule has 1 aromatic rings. The van der Waals surface area contributed by atoms with Crippen LogP contribution in [0.1, 0.15) is 18.2 Å². The fourth-order valence-corrected chi connectivity index (χ4v) is 2.39. The monoisotopic (exact) mass is 248 g/mol.